The van der Waals surface area contributed by atoms with E-state index in [9.17, 15) is 24.0 Å². The average molecular weight is 412 g/mol. The molecule has 0 aliphatic carbocycles. The highest BCUT2D eigenvalue weighted by Gasteiger charge is 2.46. The lowest BCUT2D eigenvalue weighted by atomic mass is 10.0. The Morgan fingerprint density at radius 2 is 2.10 bits per heavy atom. The lowest BCUT2D eigenvalue weighted by molar-refractivity contribution is -0.136. The van der Waals surface area contributed by atoms with Gasteiger partial charge in [0.2, 0.25) is 11.8 Å². The number of carbonyl (C=O) groups is 5. The van der Waals surface area contributed by atoms with Gasteiger partial charge in [-0.15, -0.1) is 0 Å². The Labute approximate surface area is 169 Å². The van der Waals surface area contributed by atoms with Crippen molar-refractivity contribution in [3.8, 4) is 5.75 Å². The van der Waals surface area contributed by atoms with E-state index in [1.807, 2.05) is 0 Å². The first-order valence-electron chi connectivity index (χ1n) is 9.05. The van der Waals surface area contributed by atoms with Gasteiger partial charge in [0.15, 0.2) is 12.4 Å². The standard InChI is InChI=1S/C19H16N4O7/c1-9-7-13(22-30-9)20-15(25)8-29-12-4-2-3-10-16(12)19(28)23(18(10)27)11-5-6-14(24)21-17(11)26/h2-4,7,11H,5-6,8H2,1H3,(H,20,22,25)(H,21,24,26). The number of hydrogen-bond acceptors (Lipinski definition) is 8. The maximum Gasteiger partial charge on any atom is 0.266 e. The second-order valence-electron chi connectivity index (χ2n) is 6.79. The summed E-state index contributed by atoms with van der Waals surface area (Å²) in [5, 5.41) is 8.24. The van der Waals surface area contributed by atoms with Gasteiger partial charge >= 0.3 is 0 Å². The zero-order valence-electron chi connectivity index (χ0n) is 15.8. The van der Waals surface area contributed by atoms with Crippen molar-refractivity contribution < 1.29 is 33.2 Å². The molecule has 1 atom stereocenters. The Bertz CT molecular complexity index is 1090. The number of aryl methyl sites for hydroxylation is 1. The van der Waals surface area contributed by atoms with Crippen LogP contribution in [0.15, 0.2) is 28.8 Å². The lowest BCUT2D eigenvalue weighted by Gasteiger charge is -2.27. The summed E-state index contributed by atoms with van der Waals surface area (Å²) in [5.41, 5.74) is 0.0343. The summed E-state index contributed by atoms with van der Waals surface area (Å²) in [6.45, 7) is 1.23. The van der Waals surface area contributed by atoms with Crippen LogP contribution in [0, 0.1) is 6.92 Å². The van der Waals surface area contributed by atoms with E-state index in [1.165, 1.54) is 24.3 Å². The predicted molar refractivity (Wildman–Crippen MR) is 98.5 cm³/mol. The summed E-state index contributed by atoms with van der Waals surface area (Å²) in [6, 6.07) is 4.84. The molecule has 30 heavy (non-hydrogen) atoms. The molecule has 11 nitrogen and oxygen atoms in total. The van der Waals surface area contributed by atoms with Crippen molar-refractivity contribution in [3.63, 3.8) is 0 Å². The number of ether oxygens (including phenoxy) is 1. The molecule has 0 radical (unpaired) electrons. The van der Waals surface area contributed by atoms with Gasteiger partial charge in [-0.3, -0.25) is 34.2 Å². The number of benzene rings is 1. The first kappa shape index (κ1) is 19.3. The van der Waals surface area contributed by atoms with E-state index in [0.717, 1.165) is 4.90 Å². The summed E-state index contributed by atoms with van der Waals surface area (Å²) in [5.74, 6) is -2.30. The molecule has 3 heterocycles. The van der Waals surface area contributed by atoms with Gasteiger partial charge in [0, 0.05) is 12.5 Å². The minimum absolute atomic E-state index is 0.0227. The maximum absolute atomic E-state index is 12.9. The predicted octanol–water partition coefficient (Wildman–Crippen LogP) is 0.402. The third-order valence-electron chi connectivity index (χ3n) is 4.68. The highest BCUT2D eigenvalue weighted by atomic mass is 16.5. The molecule has 2 N–H and O–H groups in total. The van der Waals surface area contributed by atoms with Gasteiger partial charge in [-0.05, 0) is 25.5 Å². The van der Waals surface area contributed by atoms with Crippen LogP contribution in [0.5, 0.6) is 5.75 Å². The van der Waals surface area contributed by atoms with E-state index >= 15 is 0 Å². The van der Waals surface area contributed by atoms with Crippen LogP contribution in [0.25, 0.3) is 0 Å². The number of aromatic nitrogens is 1. The van der Waals surface area contributed by atoms with Crippen molar-refractivity contribution >= 4 is 35.4 Å². The Kier molecular flexibility index (Phi) is 4.78. The third kappa shape index (κ3) is 3.41. The molecule has 154 valence electrons. The molecule has 2 aromatic rings. The van der Waals surface area contributed by atoms with E-state index in [0.29, 0.717) is 5.76 Å². The summed E-state index contributed by atoms with van der Waals surface area (Å²) >= 11 is 0. The molecule has 1 saturated heterocycles. The Hall–Kier alpha value is -4.02. The van der Waals surface area contributed by atoms with Crippen LogP contribution in [-0.2, 0) is 14.4 Å². The van der Waals surface area contributed by atoms with Crippen molar-refractivity contribution in [1.29, 1.82) is 0 Å². The number of anilines is 1. The molecule has 4 rings (SSSR count). The van der Waals surface area contributed by atoms with E-state index < -0.39 is 42.2 Å². The van der Waals surface area contributed by atoms with Gasteiger partial charge in [-0.2, -0.15) is 0 Å². The zero-order chi connectivity index (χ0) is 21.4. The highest BCUT2D eigenvalue weighted by molar-refractivity contribution is 6.24. The van der Waals surface area contributed by atoms with Gasteiger partial charge in [-0.25, -0.2) is 0 Å². The molecule has 1 fully saturated rings. The van der Waals surface area contributed by atoms with Crippen LogP contribution < -0.4 is 15.4 Å². The smallest absolute Gasteiger partial charge is 0.266 e. The van der Waals surface area contributed by atoms with Gasteiger partial charge in [0.05, 0.1) is 11.1 Å². The molecule has 0 saturated carbocycles. The average Bonchev–Trinajstić information content (AvgIpc) is 3.22. The summed E-state index contributed by atoms with van der Waals surface area (Å²) in [7, 11) is 0. The van der Waals surface area contributed by atoms with Crippen LogP contribution >= 0.6 is 0 Å². The van der Waals surface area contributed by atoms with E-state index in [4.69, 9.17) is 9.26 Å². The number of rotatable bonds is 5. The number of hydrogen-bond donors (Lipinski definition) is 2. The summed E-state index contributed by atoms with van der Waals surface area (Å²) < 4.78 is 10.3. The molecule has 1 aromatic heterocycles. The van der Waals surface area contributed by atoms with Crippen molar-refractivity contribution in [1.82, 2.24) is 15.4 Å². The Morgan fingerprint density at radius 3 is 2.80 bits per heavy atom. The quantitative estimate of drug-likeness (QED) is 0.671. The van der Waals surface area contributed by atoms with Gasteiger partial charge in [0.1, 0.15) is 17.6 Å². The van der Waals surface area contributed by atoms with Crippen molar-refractivity contribution in [2.45, 2.75) is 25.8 Å². The molecule has 5 amide bonds. The number of nitrogens with one attached hydrogen (secondary N) is 2. The van der Waals surface area contributed by atoms with Crippen LogP contribution in [-0.4, -0.2) is 52.2 Å². The normalized spacial score (nSPS) is 18.3. The lowest BCUT2D eigenvalue weighted by Crippen LogP contribution is -2.54. The number of nitrogens with zero attached hydrogens (tertiary/aromatic N) is 2. The molecular weight excluding hydrogens is 396 g/mol. The van der Waals surface area contributed by atoms with Crippen molar-refractivity contribution in [2.24, 2.45) is 0 Å². The zero-order valence-corrected chi connectivity index (χ0v) is 15.8. The second-order valence-corrected chi connectivity index (χ2v) is 6.79. The van der Waals surface area contributed by atoms with Crippen molar-refractivity contribution in [2.75, 3.05) is 11.9 Å². The Balaban J connectivity index is 1.51. The second kappa shape index (κ2) is 7.43. The summed E-state index contributed by atoms with van der Waals surface area (Å²) in [6.07, 6.45) is 0.0701. The Morgan fingerprint density at radius 1 is 1.30 bits per heavy atom. The minimum Gasteiger partial charge on any atom is -0.483 e. The van der Waals surface area contributed by atoms with E-state index in [2.05, 4.69) is 15.8 Å². The largest absolute Gasteiger partial charge is 0.483 e. The minimum atomic E-state index is -1.08. The van der Waals surface area contributed by atoms with Crippen LogP contribution in [0.3, 0.4) is 0 Å². The highest BCUT2D eigenvalue weighted by Crippen LogP contribution is 2.33. The molecule has 0 bridgehead atoms. The maximum atomic E-state index is 12.9. The number of piperidine rings is 1. The number of fused-ring (bicyclic) bond motifs is 1. The van der Waals surface area contributed by atoms with Gasteiger partial charge in [0.25, 0.3) is 17.7 Å². The van der Waals surface area contributed by atoms with E-state index in [1.54, 1.807) is 6.92 Å². The number of amides is 5. The fraction of sp³-hybridized carbons (Fsp3) is 0.263. The first-order valence-corrected chi connectivity index (χ1v) is 9.05. The van der Waals surface area contributed by atoms with Gasteiger partial charge < -0.3 is 14.6 Å². The topological polar surface area (TPSA) is 148 Å². The molecule has 0 spiro atoms. The monoisotopic (exact) mass is 412 g/mol. The SMILES string of the molecule is Cc1cc(NC(=O)COc2cccc3c2C(=O)N(C2CCC(=O)NC2=O)C3=O)no1. The fourth-order valence-corrected chi connectivity index (χ4v) is 3.35. The molecule has 11 heteroatoms. The van der Waals surface area contributed by atoms with Crippen LogP contribution in [0.1, 0.15) is 39.3 Å². The molecule has 1 aromatic carbocycles. The molecular formula is C19H16N4O7. The number of carbonyl (C=O) groups excluding carboxylic acids is 5. The molecule has 2 aliphatic rings. The summed E-state index contributed by atoms with van der Waals surface area (Å²) in [4.78, 5) is 62.1. The third-order valence-corrected chi connectivity index (χ3v) is 4.68. The van der Waals surface area contributed by atoms with Crippen molar-refractivity contribution in [3.05, 3.63) is 41.2 Å². The van der Waals surface area contributed by atoms with E-state index in [-0.39, 0.29) is 35.5 Å². The molecule has 1 unspecified atom stereocenters. The van der Waals surface area contributed by atoms with Gasteiger partial charge in [-0.1, -0.05) is 11.2 Å². The molecule has 2 aliphatic heterocycles. The van der Waals surface area contributed by atoms with Crippen LogP contribution in [0.4, 0.5) is 5.82 Å². The van der Waals surface area contributed by atoms with Crippen LogP contribution in [0.2, 0.25) is 0 Å². The first-order chi connectivity index (χ1) is 14.3. The number of imide groups is 2. The fourth-order valence-electron chi connectivity index (χ4n) is 3.35.